The maximum Gasteiger partial charge on any atom is 0.0940 e. The Morgan fingerprint density at radius 3 is 2.15 bits per heavy atom. The Labute approximate surface area is 202 Å². The van der Waals surface area contributed by atoms with Crippen LogP contribution in [-0.2, 0) is 5.41 Å². The molecule has 2 heteroatoms. The molecule has 0 aliphatic rings. The van der Waals surface area contributed by atoms with Crippen LogP contribution in [0.1, 0.15) is 43.6 Å². The zero-order valence-corrected chi connectivity index (χ0v) is 20.0. The number of pyridine rings is 1. The molecule has 0 amide bonds. The molecule has 1 aromatic heterocycles. The lowest BCUT2D eigenvalue weighted by Crippen LogP contribution is -2.19. The topological polar surface area (TPSA) is 24.9 Å². The molecular weight excluding hydrogens is 412 g/mol. The molecule has 0 aliphatic heterocycles. The van der Waals surface area contributed by atoms with E-state index in [1.54, 1.807) is 0 Å². The average molecular weight is 443 g/mol. The number of nitrogens with one attached hydrogen (secondary N) is 1. The summed E-state index contributed by atoms with van der Waals surface area (Å²) in [6.07, 6.45) is 0. The van der Waals surface area contributed by atoms with E-state index >= 15 is 0 Å². The predicted octanol–water partition coefficient (Wildman–Crippen LogP) is 8.40. The fourth-order valence-electron chi connectivity index (χ4n) is 4.60. The summed E-state index contributed by atoms with van der Waals surface area (Å²) < 4.78 is 0. The molecule has 5 rings (SSSR count). The summed E-state index contributed by atoms with van der Waals surface area (Å²) in [4.78, 5) is 5.20. The number of hydrogen-bond acceptors (Lipinski definition) is 2. The Bertz CT molecular complexity index is 1410. The number of anilines is 1. The number of para-hydroxylation sites is 1. The van der Waals surface area contributed by atoms with Crippen LogP contribution in [0.3, 0.4) is 0 Å². The van der Waals surface area contributed by atoms with Gasteiger partial charge in [-0.15, -0.1) is 0 Å². The van der Waals surface area contributed by atoms with Gasteiger partial charge >= 0.3 is 0 Å². The highest BCUT2D eigenvalue weighted by molar-refractivity contribution is 5.95. The molecule has 1 atom stereocenters. The van der Waals surface area contributed by atoms with Crippen LogP contribution < -0.4 is 5.32 Å². The lowest BCUT2D eigenvalue weighted by Gasteiger charge is -2.27. The van der Waals surface area contributed by atoms with E-state index in [2.05, 4.69) is 141 Å². The highest BCUT2D eigenvalue weighted by Gasteiger charge is 2.22. The molecule has 0 spiro atoms. The van der Waals surface area contributed by atoms with Crippen LogP contribution in [0.15, 0.2) is 115 Å². The van der Waals surface area contributed by atoms with E-state index in [-0.39, 0.29) is 11.5 Å². The van der Waals surface area contributed by atoms with Gasteiger partial charge in [0.05, 0.1) is 17.4 Å². The second-order valence-corrected chi connectivity index (χ2v) is 9.76. The summed E-state index contributed by atoms with van der Waals surface area (Å²) >= 11 is 0. The Balaban J connectivity index is 1.62. The lowest BCUT2D eigenvalue weighted by atomic mass is 9.85. The average Bonchev–Trinajstić information content (AvgIpc) is 2.87. The molecule has 0 aliphatic carbocycles. The first-order valence-electron chi connectivity index (χ1n) is 11.9. The Morgan fingerprint density at radius 1 is 0.647 bits per heavy atom. The molecule has 1 unspecified atom stereocenters. The number of nitrogens with zero attached hydrogens (tertiary/aromatic N) is 1. The molecule has 1 N–H and O–H groups in total. The van der Waals surface area contributed by atoms with E-state index in [1.165, 1.54) is 21.9 Å². The van der Waals surface area contributed by atoms with Crippen molar-refractivity contribution in [1.82, 2.24) is 4.98 Å². The van der Waals surface area contributed by atoms with Crippen LogP contribution >= 0.6 is 0 Å². The quantitative estimate of drug-likeness (QED) is 0.295. The van der Waals surface area contributed by atoms with Gasteiger partial charge in [0.15, 0.2) is 0 Å². The summed E-state index contributed by atoms with van der Waals surface area (Å²) in [7, 11) is 0. The monoisotopic (exact) mass is 442 g/mol. The van der Waals surface area contributed by atoms with E-state index in [1.807, 2.05) is 0 Å². The molecule has 0 bridgehead atoms. The normalized spacial score (nSPS) is 12.4. The van der Waals surface area contributed by atoms with Gasteiger partial charge in [-0.1, -0.05) is 118 Å². The summed E-state index contributed by atoms with van der Waals surface area (Å²) in [6.45, 7) is 6.76. The number of aromatic nitrogens is 1. The predicted molar refractivity (Wildman–Crippen MR) is 144 cm³/mol. The number of rotatable bonds is 5. The minimum Gasteiger partial charge on any atom is -0.373 e. The number of fused-ring (bicyclic) bond motifs is 1. The Kier molecular flexibility index (Phi) is 5.90. The second kappa shape index (κ2) is 9.15. The van der Waals surface area contributed by atoms with Crippen LogP contribution in [0, 0.1) is 0 Å². The fourth-order valence-corrected chi connectivity index (χ4v) is 4.60. The van der Waals surface area contributed by atoms with E-state index < -0.39 is 0 Å². The van der Waals surface area contributed by atoms with Crippen molar-refractivity contribution in [2.75, 3.05) is 5.32 Å². The molecule has 0 saturated carbocycles. The van der Waals surface area contributed by atoms with E-state index in [9.17, 15) is 0 Å². The minimum absolute atomic E-state index is 0.0308. The third-order valence-electron chi connectivity index (χ3n) is 6.30. The van der Waals surface area contributed by atoms with Crippen molar-refractivity contribution in [1.29, 1.82) is 0 Å². The number of hydrogen-bond donors (Lipinski definition) is 1. The maximum atomic E-state index is 5.20. The van der Waals surface area contributed by atoms with Crippen LogP contribution in [0.4, 0.5) is 5.69 Å². The molecule has 5 aromatic rings. The molecule has 2 nitrogen and oxygen atoms in total. The smallest absolute Gasteiger partial charge is 0.0940 e. The molecular formula is C32H30N2. The van der Waals surface area contributed by atoms with Crippen molar-refractivity contribution < 1.29 is 0 Å². The van der Waals surface area contributed by atoms with E-state index in [4.69, 9.17) is 4.98 Å². The summed E-state index contributed by atoms with van der Waals surface area (Å²) in [5.74, 6) is 0. The first-order chi connectivity index (χ1) is 16.5. The summed E-state index contributed by atoms with van der Waals surface area (Å²) in [5.41, 5.74) is 6.79. The maximum absolute atomic E-state index is 5.20. The third kappa shape index (κ3) is 4.45. The molecule has 0 fully saturated rings. The third-order valence-corrected chi connectivity index (χ3v) is 6.30. The molecule has 4 aromatic carbocycles. The largest absolute Gasteiger partial charge is 0.373 e. The zero-order chi connectivity index (χ0) is 23.5. The minimum atomic E-state index is -0.0698. The van der Waals surface area contributed by atoms with Gasteiger partial charge in [-0.05, 0) is 45.5 Å². The van der Waals surface area contributed by atoms with Gasteiger partial charge in [-0.25, -0.2) is 0 Å². The van der Waals surface area contributed by atoms with Gasteiger partial charge in [0.25, 0.3) is 0 Å². The second-order valence-electron chi connectivity index (χ2n) is 9.76. The van der Waals surface area contributed by atoms with E-state index in [0.29, 0.717) is 0 Å². The molecule has 0 radical (unpaired) electrons. The van der Waals surface area contributed by atoms with Crippen molar-refractivity contribution in [2.45, 2.75) is 32.2 Å². The van der Waals surface area contributed by atoms with Crippen molar-refractivity contribution >= 4 is 16.5 Å². The first kappa shape index (κ1) is 21.9. The summed E-state index contributed by atoms with van der Waals surface area (Å²) in [5, 5.41) is 6.29. The van der Waals surface area contributed by atoms with Crippen molar-refractivity contribution in [2.24, 2.45) is 0 Å². The standard InChI is InChI=1S/C32H30N2/c1-32(2,3)27-19-9-10-20-29(27)34-31(24-14-5-4-6-15-24)30-22-12-21-28(33-30)26-18-11-16-23-13-7-8-17-25(23)26/h4-22,31,34H,1-3H3. The first-order valence-corrected chi connectivity index (χ1v) is 11.9. The van der Waals surface area contributed by atoms with Gasteiger partial charge in [-0.2, -0.15) is 0 Å². The highest BCUT2D eigenvalue weighted by Crippen LogP contribution is 2.34. The molecule has 0 saturated heterocycles. The van der Waals surface area contributed by atoms with Crippen LogP contribution in [0.5, 0.6) is 0 Å². The van der Waals surface area contributed by atoms with Gasteiger partial charge in [0.1, 0.15) is 0 Å². The van der Waals surface area contributed by atoms with Crippen molar-refractivity contribution in [3.05, 3.63) is 132 Å². The van der Waals surface area contributed by atoms with Gasteiger partial charge in [0, 0.05) is 11.3 Å². The van der Waals surface area contributed by atoms with Crippen molar-refractivity contribution in [3.63, 3.8) is 0 Å². The Morgan fingerprint density at radius 2 is 1.32 bits per heavy atom. The van der Waals surface area contributed by atoms with Crippen LogP contribution in [0.2, 0.25) is 0 Å². The van der Waals surface area contributed by atoms with Crippen LogP contribution in [-0.4, -0.2) is 4.98 Å². The van der Waals surface area contributed by atoms with Gasteiger partial charge in [0.2, 0.25) is 0 Å². The zero-order valence-electron chi connectivity index (χ0n) is 20.0. The van der Waals surface area contributed by atoms with Gasteiger partial charge < -0.3 is 5.32 Å². The van der Waals surface area contributed by atoms with Crippen LogP contribution in [0.25, 0.3) is 22.0 Å². The molecule has 34 heavy (non-hydrogen) atoms. The van der Waals surface area contributed by atoms with Gasteiger partial charge in [-0.3, -0.25) is 4.98 Å². The fraction of sp³-hybridized carbons (Fsp3) is 0.156. The molecule has 168 valence electrons. The highest BCUT2D eigenvalue weighted by atomic mass is 15.0. The molecule has 1 heterocycles. The SMILES string of the molecule is CC(C)(C)c1ccccc1NC(c1ccccc1)c1cccc(-c2cccc3ccccc23)n1. The lowest BCUT2D eigenvalue weighted by molar-refractivity contribution is 0.591. The summed E-state index contributed by atoms with van der Waals surface area (Å²) in [6, 6.07) is 40.4. The van der Waals surface area contributed by atoms with E-state index in [0.717, 1.165) is 22.6 Å². The Hall–Kier alpha value is -3.91. The number of benzene rings is 4. The van der Waals surface area contributed by atoms with Crippen molar-refractivity contribution in [3.8, 4) is 11.3 Å².